The number of hydrogen-bond acceptors (Lipinski definition) is 7. The van der Waals surface area contributed by atoms with E-state index in [1.54, 1.807) is 18.2 Å². The molecule has 1 aromatic carbocycles. The molecular formula is C21H22ClN5O5S2. The molecular weight excluding hydrogens is 502 g/mol. The molecule has 10 nitrogen and oxygen atoms in total. The lowest BCUT2D eigenvalue weighted by molar-refractivity contribution is -0.126. The maximum atomic E-state index is 13.4. The number of sulfonamides is 1. The second-order valence-electron chi connectivity index (χ2n) is 8.05. The van der Waals surface area contributed by atoms with E-state index in [-0.39, 0.29) is 35.6 Å². The number of H-pyrrole nitrogens is 1. The van der Waals surface area contributed by atoms with Crippen molar-refractivity contribution in [2.24, 2.45) is 0 Å². The number of carbonyl (C=O) groups is 2. The molecule has 0 saturated carbocycles. The van der Waals surface area contributed by atoms with Gasteiger partial charge in [0.2, 0.25) is 5.91 Å². The van der Waals surface area contributed by atoms with E-state index in [0.29, 0.717) is 35.6 Å². The highest BCUT2D eigenvalue weighted by molar-refractivity contribution is 7.89. The number of aromatic amines is 1. The molecule has 5 rings (SSSR count). The first-order valence-corrected chi connectivity index (χ1v) is 13.3. The van der Waals surface area contributed by atoms with Gasteiger partial charge in [-0.05, 0) is 24.3 Å². The number of fused-ring (bicyclic) bond motifs is 2. The van der Waals surface area contributed by atoms with E-state index < -0.39 is 22.0 Å². The summed E-state index contributed by atoms with van der Waals surface area (Å²) in [6, 6.07) is 5.59. The number of piperazine rings is 1. The highest BCUT2D eigenvalue weighted by Gasteiger charge is 2.41. The maximum absolute atomic E-state index is 13.4. The summed E-state index contributed by atoms with van der Waals surface area (Å²) in [5, 5.41) is 4.00. The molecule has 1 unspecified atom stereocenters. The third-order valence-corrected chi connectivity index (χ3v) is 9.09. The fraction of sp³-hybridized carbons (Fsp3) is 0.381. The number of ether oxygens (including phenoxy) is 1. The lowest BCUT2D eigenvalue weighted by atomic mass is 10.1. The van der Waals surface area contributed by atoms with Gasteiger partial charge in [0.05, 0.1) is 23.8 Å². The molecule has 180 valence electrons. The summed E-state index contributed by atoms with van der Waals surface area (Å²) in [4.78, 5) is 35.7. The summed E-state index contributed by atoms with van der Waals surface area (Å²) in [5.41, 5.74) is 1.48. The molecule has 3 aromatic rings. The van der Waals surface area contributed by atoms with Gasteiger partial charge in [-0.1, -0.05) is 11.6 Å². The highest BCUT2D eigenvalue weighted by atomic mass is 35.5. The van der Waals surface area contributed by atoms with Crippen molar-refractivity contribution < 1.29 is 22.7 Å². The minimum Gasteiger partial charge on any atom is -0.375 e. The van der Waals surface area contributed by atoms with Gasteiger partial charge in [0.25, 0.3) is 15.9 Å². The van der Waals surface area contributed by atoms with Crippen LogP contribution < -0.4 is 5.32 Å². The molecule has 0 radical (unpaired) electrons. The van der Waals surface area contributed by atoms with Crippen molar-refractivity contribution in [3.8, 4) is 0 Å². The molecule has 4 heterocycles. The van der Waals surface area contributed by atoms with E-state index in [2.05, 4.69) is 15.3 Å². The predicted octanol–water partition coefficient (Wildman–Crippen LogP) is 1.61. The highest BCUT2D eigenvalue weighted by Crippen LogP contribution is 2.28. The van der Waals surface area contributed by atoms with E-state index in [0.717, 1.165) is 10.6 Å². The summed E-state index contributed by atoms with van der Waals surface area (Å²) in [5.74, 6) is -0.827. The van der Waals surface area contributed by atoms with Crippen molar-refractivity contribution in [3.05, 3.63) is 44.9 Å². The summed E-state index contributed by atoms with van der Waals surface area (Å²) in [6.45, 7) is 0.912. The van der Waals surface area contributed by atoms with Crippen LogP contribution in [0.25, 0.3) is 10.9 Å². The largest absolute Gasteiger partial charge is 0.375 e. The van der Waals surface area contributed by atoms with Crippen molar-refractivity contribution in [3.63, 3.8) is 0 Å². The molecule has 2 aromatic heterocycles. The van der Waals surface area contributed by atoms with Crippen molar-refractivity contribution >= 4 is 55.7 Å². The average Bonchev–Trinajstić information content (AvgIpc) is 3.47. The maximum Gasteiger partial charge on any atom is 0.283 e. The van der Waals surface area contributed by atoms with Crippen molar-refractivity contribution in [2.75, 3.05) is 33.3 Å². The minimum atomic E-state index is -3.94. The zero-order valence-corrected chi connectivity index (χ0v) is 20.6. The van der Waals surface area contributed by atoms with Gasteiger partial charge >= 0.3 is 0 Å². The molecule has 2 aliphatic heterocycles. The van der Waals surface area contributed by atoms with Crippen LogP contribution in [-0.2, 0) is 32.6 Å². The van der Waals surface area contributed by atoms with E-state index >= 15 is 0 Å². The molecule has 0 aliphatic carbocycles. The minimum absolute atomic E-state index is 0.00722. The first-order chi connectivity index (χ1) is 16.3. The van der Waals surface area contributed by atoms with Crippen molar-refractivity contribution in [2.45, 2.75) is 24.1 Å². The van der Waals surface area contributed by atoms with Crippen LogP contribution in [0.3, 0.4) is 0 Å². The number of aromatic nitrogens is 2. The summed E-state index contributed by atoms with van der Waals surface area (Å²) in [6.07, 6.45) is 0.639. The topological polar surface area (TPSA) is 125 Å². The molecule has 1 saturated heterocycles. The summed E-state index contributed by atoms with van der Waals surface area (Å²) >= 11 is 7.28. The average molecular weight is 524 g/mol. The molecule has 0 bridgehead atoms. The standard InChI is InChI=1S/C21H22ClN5O5S2/c1-23-19(28)16-10-26(34(30,31)18-9-12-8-13(22)2-3-14(12)24-18)5-6-27(16)21(29)20-25-15-4-7-32-11-17(15)33-20/h2-3,8-9,16,24H,4-7,10-11H2,1H3,(H,23,28). The van der Waals surface area contributed by atoms with Crippen LogP contribution in [0, 0.1) is 0 Å². The van der Waals surface area contributed by atoms with Crippen LogP contribution in [0.4, 0.5) is 0 Å². The number of halogens is 1. The van der Waals surface area contributed by atoms with Gasteiger partial charge in [-0.3, -0.25) is 9.59 Å². The molecule has 34 heavy (non-hydrogen) atoms. The number of carbonyl (C=O) groups excluding carboxylic acids is 2. The number of nitrogens with one attached hydrogen (secondary N) is 2. The van der Waals surface area contributed by atoms with Crippen molar-refractivity contribution in [1.82, 2.24) is 24.5 Å². The Balaban J connectivity index is 1.41. The zero-order chi connectivity index (χ0) is 24.0. The lowest BCUT2D eigenvalue weighted by Crippen LogP contribution is -2.61. The van der Waals surface area contributed by atoms with Crippen LogP contribution in [0.5, 0.6) is 0 Å². The SMILES string of the molecule is CNC(=O)C1CN(S(=O)(=O)c2cc3cc(Cl)ccc3[nH]2)CCN1C(=O)c1nc2c(s1)COCC2. The van der Waals surface area contributed by atoms with Gasteiger partial charge in [0.15, 0.2) is 5.01 Å². The fourth-order valence-corrected chi connectivity index (χ4v) is 6.84. The molecule has 2 amide bonds. The Morgan fingerprint density at radius 3 is 2.88 bits per heavy atom. The quantitative estimate of drug-likeness (QED) is 0.535. The number of rotatable bonds is 4. The normalized spacial score (nSPS) is 19.2. The third-order valence-electron chi connectivity index (χ3n) is 6.01. The van der Waals surface area contributed by atoms with Crippen LogP contribution in [0.1, 0.15) is 20.4 Å². The van der Waals surface area contributed by atoms with Gasteiger partial charge in [-0.15, -0.1) is 11.3 Å². The van der Waals surface area contributed by atoms with Gasteiger partial charge < -0.3 is 19.9 Å². The first kappa shape index (κ1) is 23.2. The Hall–Kier alpha value is -2.51. The van der Waals surface area contributed by atoms with Crippen molar-refractivity contribution in [1.29, 1.82) is 0 Å². The third kappa shape index (κ3) is 4.09. The molecule has 1 atom stereocenters. The van der Waals surface area contributed by atoms with Crippen LogP contribution in [0.2, 0.25) is 5.02 Å². The zero-order valence-electron chi connectivity index (χ0n) is 18.2. The lowest BCUT2D eigenvalue weighted by Gasteiger charge is -2.39. The first-order valence-electron chi connectivity index (χ1n) is 10.6. The summed E-state index contributed by atoms with van der Waals surface area (Å²) in [7, 11) is -2.48. The molecule has 2 aliphatic rings. The van der Waals surface area contributed by atoms with Crippen LogP contribution >= 0.6 is 22.9 Å². The Bertz CT molecular complexity index is 1360. The number of likely N-dealkylation sites (N-methyl/N-ethyl adjacent to an activating group) is 1. The van der Waals surface area contributed by atoms with Crippen LogP contribution in [0.15, 0.2) is 29.3 Å². The second-order valence-corrected chi connectivity index (χ2v) is 11.5. The Kier molecular flexibility index (Phi) is 6.10. The number of nitrogens with zero attached hydrogens (tertiary/aromatic N) is 3. The van der Waals surface area contributed by atoms with Gasteiger partial charge in [0.1, 0.15) is 11.1 Å². The number of thiazole rings is 1. The van der Waals surface area contributed by atoms with E-state index in [9.17, 15) is 18.0 Å². The Labute approximate surface area is 204 Å². The Morgan fingerprint density at radius 2 is 2.12 bits per heavy atom. The van der Waals surface area contributed by atoms with Gasteiger partial charge in [-0.2, -0.15) is 4.31 Å². The van der Waals surface area contributed by atoms with Gasteiger partial charge in [0, 0.05) is 49.0 Å². The van der Waals surface area contributed by atoms with E-state index in [1.165, 1.54) is 33.7 Å². The summed E-state index contributed by atoms with van der Waals surface area (Å²) < 4.78 is 33.4. The molecule has 0 spiro atoms. The number of hydrogen-bond donors (Lipinski definition) is 2. The molecule has 13 heteroatoms. The number of amides is 2. The fourth-order valence-electron chi connectivity index (χ4n) is 4.20. The second kappa shape index (κ2) is 8.93. The predicted molar refractivity (Wildman–Crippen MR) is 126 cm³/mol. The van der Waals surface area contributed by atoms with E-state index in [1.807, 2.05) is 0 Å². The van der Waals surface area contributed by atoms with Gasteiger partial charge in [-0.25, -0.2) is 13.4 Å². The van der Waals surface area contributed by atoms with Crippen LogP contribution in [-0.4, -0.2) is 78.7 Å². The monoisotopic (exact) mass is 523 g/mol. The molecule has 1 fully saturated rings. The number of benzene rings is 1. The Morgan fingerprint density at radius 1 is 1.29 bits per heavy atom. The smallest absolute Gasteiger partial charge is 0.283 e. The molecule has 2 N–H and O–H groups in total. The van der Waals surface area contributed by atoms with E-state index in [4.69, 9.17) is 16.3 Å².